The Labute approximate surface area is 95.7 Å². The summed E-state index contributed by atoms with van der Waals surface area (Å²) in [5.74, 6) is 1.49. The van der Waals surface area contributed by atoms with E-state index in [9.17, 15) is 0 Å². The first-order chi connectivity index (χ1) is 7.61. The number of rotatable bonds is 4. The van der Waals surface area contributed by atoms with E-state index in [0.717, 1.165) is 11.5 Å². The maximum absolute atomic E-state index is 5.57. The lowest BCUT2D eigenvalue weighted by Gasteiger charge is -2.05. The SMILES string of the molecule is C=C/C(N)=C\C=C(/C)Oc1ccc(N)cc1. The molecule has 0 aliphatic carbocycles. The molecule has 0 aliphatic heterocycles. The molecule has 1 aromatic rings. The second-order valence-corrected chi connectivity index (χ2v) is 3.32. The topological polar surface area (TPSA) is 61.3 Å². The van der Waals surface area contributed by atoms with Gasteiger partial charge in [-0.2, -0.15) is 0 Å². The summed E-state index contributed by atoms with van der Waals surface area (Å²) in [5, 5.41) is 0. The van der Waals surface area contributed by atoms with E-state index >= 15 is 0 Å². The minimum absolute atomic E-state index is 0.597. The standard InChI is InChI=1S/C13H16N2O/c1-3-11(14)5-4-10(2)16-13-8-6-12(15)7-9-13/h3-9H,1,14-15H2,2H3/b10-4+,11-5+. The van der Waals surface area contributed by atoms with Gasteiger partial charge in [0.15, 0.2) is 0 Å². The van der Waals surface area contributed by atoms with Crippen LogP contribution in [0.25, 0.3) is 0 Å². The van der Waals surface area contributed by atoms with Gasteiger partial charge < -0.3 is 16.2 Å². The number of hydrogen-bond donors (Lipinski definition) is 2. The Balaban J connectivity index is 2.67. The number of anilines is 1. The van der Waals surface area contributed by atoms with Crippen molar-refractivity contribution >= 4 is 5.69 Å². The number of ether oxygens (including phenoxy) is 1. The summed E-state index contributed by atoms with van der Waals surface area (Å²) >= 11 is 0. The second-order valence-electron chi connectivity index (χ2n) is 3.32. The van der Waals surface area contributed by atoms with Crippen LogP contribution in [0.4, 0.5) is 5.69 Å². The minimum atomic E-state index is 0.597. The molecule has 0 heterocycles. The van der Waals surface area contributed by atoms with Gasteiger partial charge in [0.05, 0.1) is 0 Å². The van der Waals surface area contributed by atoms with Gasteiger partial charge in [0, 0.05) is 11.4 Å². The van der Waals surface area contributed by atoms with Gasteiger partial charge in [0.25, 0.3) is 0 Å². The van der Waals surface area contributed by atoms with Crippen molar-refractivity contribution in [1.29, 1.82) is 0 Å². The summed E-state index contributed by atoms with van der Waals surface area (Å²) in [6, 6.07) is 7.20. The Bertz CT molecular complexity index is 416. The van der Waals surface area contributed by atoms with Crippen LogP contribution < -0.4 is 16.2 Å². The monoisotopic (exact) mass is 216 g/mol. The fourth-order valence-electron chi connectivity index (χ4n) is 1.04. The molecule has 0 spiro atoms. The Kier molecular flexibility index (Phi) is 4.21. The zero-order valence-electron chi connectivity index (χ0n) is 9.31. The molecule has 0 saturated carbocycles. The number of allylic oxidation sites excluding steroid dienone is 4. The van der Waals surface area contributed by atoms with Crippen LogP contribution in [0.1, 0.15) is 6.92 Å². The number of hydrogen-bond acceptors (Lipinski definition) is 3. The predicted molar refractivity (Wildman–Crippen MR) is 67.7 cm³/mol. The third kappa shape index (κ3) is 3.92. The molecular formula is C13H16N2O. The normalized spacial score (nSPS) is 12.3. The third-order valence-electron chi connectivity index (χ3n) is 1.91. The maximum Gasteiger partial charge on any atom is 0.127 e. The smallest absolute Gasteiger partial charge is 0.127 e. The average Bonchev–Trinajstić information content (AvgIpc) is 2.29. The van der Waals surface area contributed by atoms with Crippen LogP contribution in [0.2, 0.25) is 0 Å². The van der Waals surface area contributed by atoms with E-state index in [0.29, 0.717) is 11.4 Å². The summed E-state index contributed by atoms with van der Waals surface area (Å²) in [6.45, 7) is 5.41. The molecule has 0 fully saturated rings. The van der Waals surface area contributed by atoms with Gasteiger partial charge in [-0.05, 0) is 49.4 Å². The Morgan fingerprint density at radius 3 is 2.44 bits per heavy atom. The highest BCUT2D eigenvalue weighted by Gasteiger charge is 1.94. The van der Waals surface area contributed by atoms with Crippen LogP contribution in [-0.4, -0.2) is 0 Å². The highest BCUT2D eigenvalue weighted by atomic mass is 16.5. The molecule has 0 radical (unpaired) electrons. The number of nitrogen functional groups attached to an aromatic ring is 1. The van der Waals surface area contributed by atoms with Gasteiger partial charge >= 0.3 is 0 Å². The molecule has 0 amide bonds. The van der Waals surface area contributed by atoms with Gasteiger partial charge in [-0.25, -0.2) is 0 Å². The van der Waals surface area contributed by atoms with E-state index < -0.39 is 0 Å². The first kappa shape index (κ1) is 11.9. The zero-order valence-corrected chi connectivity index (χ0v) is 9.31. The van der Waals surface area contributed by atoms with Crippen molar-refractivity contribution in [2.24, 2.45) is 5.73 Å². The predicted octanol–water partition coefficient (Wildman–Crippen LogP) is 2.58. The van der Waals surface area contributed by atoms with E-state index in [1.807, 2.05) is 19.1 Å². The highest BCUT2D eigenvalue weighted by Crippen LogP contribution is 2.15. The van der Waals surface area contributed by atoms with Gasteiger partial charge in [0.1, 0.15) is 11.5 Å². The highest BCUT2D eigenvalue weighted by molar-refractivity contribution is 5.42. The van der Waals surface area contributed by atoms with E-state index in [1.54, 1.807) is 30.4 Å². The Morgan fingerprint density at radius 2 is 1.88 bits per heavy atom. The Hall–Kier alpha value is -2.16. The third-order valence-corrected chi connectivity index (χ3v) is 1.91. The van der Waals surface area contributed by atoms with E-state index in [-0.39, 0.29) is 0 Å². The van der Waals surface area contributed by atoms with Crippen LogP contribution >= 0.6 is 0 Å². The molecule has 0 saturated heterocycles. The minimum Gasteiger partial charge on any atom is -0.462 e. The summed E-state index contributed by atoms with van der Waals surface area (Å²) < 4.78 is 5.54. The second kappa shape index (κ2) is 5.66. The van der Waals surface area contributed by atoms with Gasteiger partial charge in [-0.3, -0.25) is 0 Å². The number of nitrogens with two attached hydrogens (primary N) is 2. The molecule has 1 aromatic carbocycles. The van der Waals surface area contributed by atoms with Crippen molar-refractivity contribution in [3.8, 4) is 5.75 Å². The maximum atomic E-state index is 5.57. The molecule has 16 heavy (non-hydrogen) atoms. The van der Waals surface area contributed by atoms with Crippen molar-refractivity contribution in [1.82, 2.24) is 0 Å². The summed E-state index contributed by atoms with van der Waals surface area (Å²) in [4.78, 5) is 0. The largest absolute Gasteiger partial charge is 0.462 e. The van der Waals surface area contributed by atoms with Crippen molar-refractivity contribution in [2.45, 2.75) is 6.92 Å². The Morgan fingerprint density at radius 1 is 1.25 bits per heavy atom. The van der Waals surface area contributed by atoms with Crippen molar-refractivity contribution in [3.05, 3.63) is 60.5 Å². The first-order valence-electron chi connectivity index (χ1n) is 4.91. The fraction of sp³-hybridized carbons (Fsp3) is 0.0769. The van der Waals surface area contributed by atoms with Crippen LogP contribution in [0.3, 0.4) is 0 Å². The van der Waals surface area contributed by atoms with Crippen LogP contribution in [0, 0.1) is 0 Å². The molecule has 84 valence electrons. The molecule has 4 N–H and O–H groups in total. The van der Waals surface area contributed by atoms with Crippen LogP contribution in [-0.2, 0) is 0 Å². The molecule has 3 heteroatoms. The van der Waals surface area contributed by atoms with Gasteiger partial charge in [-0.15, -0.1) is 0 Å². The van der Waals surface area contributed by atoms with Crippen molar-refractivity contribution < 1.29 is 4.74 Å². The fourth-order valence-corrected chi connectivity index (χ4v) is 1.04. The van der Waals surface area contributed by atoms with Gasteiger partial charge in [0.2, 0.25) is 0 Å². The lowest BCUT2D eigenvalue weighted by Crippen LogP contribution is -1.93. The van der Waals surface area contributed by atoms with Crippen LogP contribution in [0.5, 0.6) is 5.75 Å². The molecule has 0 atom stereocenters. The summed E-state index contributed by atoms with van der Waals surface area (Å²) in [7, 11) is 0. The lowest BCUT2D eigenvalue weighted by atomic mass is 10.3. The lowest BCUT2D eigenvalue weighted by molar-refractivity contribution is 0.428. The van der Waals surface area contributed by atoms with Crippen LogP contribution in [0.15, 0.2) is 60.5 Å². The summed E-state index contributed by atoms with van der Waals surface area (Å²) in [6.07, 6.45) is 5.10. The number of benzene rings is 1. The first-order valence-corrected chi connectivity index (χ1v) is 4.91. The van der Waals surface area contributed by atoms with Gasteiger partial charge in [-0.1, -0.05) is 6.58 Å². The quantitative estimate of drug-likeness (QED) is 0.462. The van der Waals surface area contributed by atoms with E-state index in [4.69, 9.17) is 16.2 Å². The molecule has 0 aliphatic rings. The van der Waals surface area contributed by atoms with Crippen molar-refractivity contribution in [2.75, 3.05) is 5.73 Å². The molecule has 0 bridgehead atoms. The van der Waals surface area contributed by atoms with E-state index in [1.165, 1.54) is 0 Å². The van der Waals surface area contributed by atoms with Crippen molar-refractivity contribution in [3.63, 3.8) is 0 Å². The zero-order chi connectivity index (χ0) is 12.0. The van der Waals surface area contributed by atoms with E-state index in [2.05, 4.69) is 6.58 Å². The molecule has 0 aromatic heterocycles. The average molecular weight is 216 g/mol. The molecule has 1 rings (SSSR count). The molecule has 3 nitrogen and oxygen atoms in total. The summed E-state index contributed by atoms with van der Waals surface area (Å²) in [5.41, 5.74) is 12.4. The molecule has 0 unspecified atom stereocenters. The molecular weight excluding hydrogens is 200 g/mol.